The molecule has 0 heterocycles. The molecule has 0 atom stereocenters. The highest BCUT2D eigenvalue weighted by Gasteiger charge is 2.34. The van der Waals surface area contributed by atoms with Crippen molar-refractivity contribution in [2.75, 3.05) is 14.2 Å². The quantitative estimate of drug-likeness (QED) is 0.0585. The van der Waals surface area contributed by atoms with Crippen molar-refractivity contribution >= 4 is 11.6 Å². The molecule has 4 heteroatoms. The first kappa shape index (κ1) is 52.1. The van der Waals surface area contributed by atoms with Crippen LogP contribution in [0.2, 0.25) is 0 Å². The fraction of sp³-hybridized carbons (Fsp3) is 0.556. The van der Waals surface area contributed by atoms with Gasteiger partial charge in [-0.05, 0) is 185 Å². The zero-order valence-electron chi connectivity index (χ0n) is 39.3. The molecule has 0 radical (unpaired) electrons. The summed E-state index contributed by atoms with van der Waals surface area (Å²) < 4.78 is 10.3. The second kappa shape index (κ2) is 30.2. The van der Waals surface area contributed by atoms with Gasteiger partial charge in [-0.3, -0.25) is 9.59 Å². The van der Waals surface area contributed by atoms with E-state index in [0.717, 1.165) is 89.9 Å². The van der Waals surface area contributed by atoms with E-state index in [0.29, 0.717) is 17.6 Å². The first-order valence-electron chi connectivity index (χ1n) is 22.1. The Balaban J connectivity index is 2.32. The smallest absolute Gasteiger partial charge is 0.228 e. The minimum Gasteiger partial charge on any atom is -0.489 e. The molecular formula is C54H82O4. The normalized spacial score (nSPS) is 15.9. The van der Waals surface area contributed by atoms with Crippen LogP contribution in [0.15, 0.2) is 128 Å². The van der Waals surface area contributed by atoms with Gasteiger partial charge >= 0.3 is 0 Å². The van der Waals surface area contributed by atoms with Gasteiger partial charge in [0.05, 0.1) is 14.2 Å². The average Bonchev–Trinajstić information content (AvgIpc) is 3.16. The van der Waals surface area contributed by atoms with Crippen LogP contribution in [0.3, 0.4) is 0 Å². The van der Waals surface area contributed by atoms with Crippen molar-refractivity contribution in [3.05, 3.63) is 128 Å². The topological polar surface area (TPSA) is 52.6 Å². The van der Waals surface area contributed by atoms with Gasteiger partial charge in [-0.25, -0.2) is 0 Å². The highest BCUT2D eigenvalue weighted by Crippen LogP contribution is 2.28. The number of ketones is 2. The fourth-order valence-corrected chi connectivity index (χ4v) is 6.94. The van der Waals surface area contributed by atoms with E-state index in [1.165, 1.54) is 77.2 Å². The number of hydrogen-bond acceptors (Lipinski definition) is 4. The maximum Gasteiger partial charge on any atom is 0.228 e. The van der Waals surface area contributed by atoms with E-state index in [-0.39, 0.29) is 23.1 Å². The van der Waals surface area contributed by atoms with E-state index in [4.69, 9.17) is 9.47 Å². The number of methoxy groups -OCH3 is 2. The second-order valence-electron chi connectivity index (χ2n) is 17.0. The molecule has 322 valence electrons. The highest BCUT2D eigenvalue weighted by atomic mass is 16.5. The monoisotopic (exact) mass is 795 g/mol. The van der Waals surface area contributed by atoms with Crippen molar-refractivity contribution in [1.82, 2.24) is 0 Å². The number of carbonyl (C=O) groups is 2. The first-order chi connectivity index (χ1) is 27.6. The number of hydrogen-bond donors (Lipinski definition) is 0. The first-order valence-corrected chi connectivity index (χ1v) is 22.1. The summed E-state index contributed by atoms with van der Waals surface area (Å²) in [7, 11) is 2.78. The number of ether oxygens (including phenoxy) is 2. The summed E-state index contributed by atoms with van der Waals surface area (Å²) in [5, 5.41) is 0. The maximum absolute atomic E-state index is 12.9. The molecule has 0 unspecified atom stereocenters. The molecule has 0 spiro atoms. The van der Waals surface area contributed by atoms with Crippen LogP contribution < -0.4 is 0 Å². The fourth-order valence-electron chi connectivity index (χ4n) is 6.94. The minimum atomic E-state index is -0.284. The predicted molar refractivity (Wildman–Crippen MR) is 252 cm³/mol. The molecule has 4 nitrogen and oxygen atoms in total. The van der Waals surface area contributed by atoms with Gasteiger partial charge in [-0.1, -0.05) is 105 Å². The molecule has 0 fully saturated rings. The van der Waals surface area contributed by atoms with E-state index in [9.17, 15) is 9.59 Å². The minimum absolute atomic E-state index is 0.00654. The van der Waals surface area contributed by atoms with Crippen LogP contribution in [0, 0.1) is 0 Å². The number of allylic oxidation sites excluding steroid dienone is 20. The van der Waals surface area contributed by atoms with Crippen LogP contribution in [0.5, 0.6) is 0 Å². The third kappa shape index (κ3) is 22.9. The Morgan fingerprint density at radius 2 is 0.621 bits per heavy atom. The molecule has 0 aromatic carbocycles. The molecular weight excluding hydrogens is 713 g/mol. The predicted octanol–water partition coefficient (Wildman–Crippen LogP) is 16.1. The van der Waals surface area contributed by atoms with Crippen molar-refractivity contribution in [2.24, 2.45) is 0 Å². The lowest BCUT2D eigenvalue weighted by Crippen LogP contribution is -2.24. The Kier molecular flexibility index (Phi) is 27.1. The van der Waals surface area contributed by atoms with Gasteiger partial charge < -0.3 is 9.47 Å². The van der Waals surface area contributed by atoms with Gasteiger partial charge in [0.1, 0.15) is 0 Å². The van der Waals surface area contributed by atoms with Gasteiger partial charge in [-0.2, -0.15) is 0 Å². The maximum atomic E-state index is 12.9. The molecule has 0 aromatic rings. The van der Waals surface area contributed by atoms with Gasteiger partial charge in [0.15, 0.2) is 0 Å². The Bertz CT molecular complexity index is 1680. The van der Waals surface area contributed by atoms with Crippen molar-refractivity contribution in [3.63, 3.8) is 0 Å². The zero-order valence-corrected chi connectivity index (χ0v) is 39.3. The van der Waals surface area contributed by atoms with E-state index in [1.807, 2.05) is 0 Å². The SMILES string of the molecule is COC1=C(OC)C(=O)C(CC=C(C)CCC=C(C)CCC=C(C)CCC=C(C)CCC=C(C)CCC=C(C)CCC=C(C)CCC=C(C)CCC=C(C)C)=C(C)C1=O. The van der Waals surface area contributed by atoms with Crippen molar-refractivity contribution in [1.29, 1.82) is 0 Å². The molecule has 0 N–H and O–H groups in total. The summed E-state index contributed by atoms with van der Waals surface area (Å²) in [6, 6.07) is 0. The Morgan fingerprint density at radius 3 is 0.879 bits per heavy atom. The lowest BCUT2D eigenvalue weighted by atomic mass is 9.90. The van der Waals surface area contributed by atoms with Crippen LogP contribution >= 0.6 is 0 Å². The molecule has 0 amide bonds. The van der Waals surface area contributed by atoms with Gasteiger partial charge in [0, 0.05) is 11.1 Å². The lowest BCUT2D eigenvalue weighted by Gasteiger charge is -2.19. The lowest BCUT2D eigenvalue weighted by molar-refractivity contribution is -0.121. The molecule has 0 aromatic heterocycles. The summed E-state index contributed by atoms with van der Waals surface area (Å²) in [6.45, 7) is 24.0. The van der Waals surface area contributed by atoms with Crippen LogP contribution in [-0.2, 0) is 19.1 Å². The average molecular weight is 795 g/mol. The van der Waals surface area contributed by atoms with Gasteiger partial charge in [0.2, 0.25) is 23.1 Å². The standard InChI is InChI=1S/C54H82O4/c1-40(2)22-14-23-41(3)24-15-25-42(4)26-16-27-43(5)28-17-29-44(6)30-18-31-45(7)32-19-33-46(8)34-20-35-47(9)36-21-37-48(10)38-39-50-49(11)51(55)53(57-12)54(58-13)52(50)56/h22,24,26,28,30,32,34,36,38H,14-21,23,25,27,29,31,33,35,37,39H2,1-13H3. The van der Waals surface area contributed by atoms with Crippen LogP contribution in [-0.4, -0.2) is 25.8 Å². The van der Waals surface area contributed by atoms with Crippen LogP contribution in [0.25, 0.3) is 0 Å². The van der Waals surface area contributed by atoms with E-state index >= 15 is 0 Å². The summed E-state index contributed by atoms with van der Waals surface area (Å²) in [4.78, 5) is 25.5. The molecule has 58 heavy (non-hydrogen) atoms. The van der Waals surface area contributed by atoms with Gasteiger partial charge in [-0.15, -0.1) is 0 Å². The third-order valence-corrected chi connectivity index (χ3v) is 11.1. The van der Waals surface area contributed by atoms with Gasteiger partial charge in [0.25, 0.3) is 0 Å². The van der Waals surface area contributed by atoms with Crippen molar-refractivity contribution in [3.8, 4) is 0 Å². The number of carbonyl (C=O) groups excluding carboxylic acids is 2. The second-order valence-corrected chi connectivity index (χ2v) is 17.0. The summed E-state index contributed by atoms with van der Waals surface area (Å²) in [5.74, 6) is -0.571. The molecule has 0 saturated heterocycles. The van der Waals surface area contributed by atoms with Crippen molar-refractivity contribution < 1.29 is 19.1 Å². The number of rotatable bonds is 28. The molecule has 1 rings (SSSR count). The zero-order chi connectivity index (χ0) is 43.5. The van der Waals surface area contributed by atoms with E-state index in [1.54, 1.807) is 6.92 Å². The van der Waals surface area contributed by atoms with E-state index < -0.39 is 0 Å². The molecule has 1 aliphatic carbocycles. The van der Waals surface area contributed by atoms with Crippen molar-refractivity contribution in [2.45, 2.75) is 185 Å². The summed E-state index contributed by atoms with van der Waals surface area (Å²) in [5.41, 5.74) is 13.9. The Labute approximate surface area is 356 Å². The summed E-state index contributed by atoms with van der Waals surface area (Å²) >= 11 is 0. The summed E-state index contributed by atoms with van der Waals surface area (Å²) in [6.07, 6.45) is 39.5. The molecule has 0 bridgehead atoms. The molecule has 0 saturated carbocycles. The molecule has 1 aliphatic rings. The molecule has 0 aliphatic heterocycles. The number of Topliss-reactive ketones (excluding diaryl/α,β-unsaturated/α-hetero) is 2. The van der Waals surface area contributed by atoms with Crippen LogP contribution in [0.1, 0.15) is 185 Å². The Morgan fingerprint density at radius 1 is 0.379 bits per heavy atom. The Hall–Kier alpha value is -3.92. The largest absolute Gasteiger partial charge is 0.489 e. The van der Waals surface area contributed by atoms with Crippen LogP contribution in [0.4, 0.5) is 0 Å². The third-order valence-electron chi connectivity index (χ3n) is 11.1. The highest BCUT2D eigenvalue weighted by molar-refractivity contribution is 6.23. The van der Waals surface area contributed by atoms with E-state index in [2.05, 4.69) is 124 Å².